The van der Waals surface area contributed by atoms with Crippen molar-refractivity contribution in [2.24, 2.45) is 0 Å². The highest BCUT2D eigenvalue weighted by atomic mass is 79.9. The third-order valence-electron chi connectivity index (χ3n) is 2.18. The Balaban J connectivity index is 2.75. The molecule has 1 aromatic heterocycles. The van der Waals surface area contributed by atoms with Crippen LogP contribution in [0.3, 0.4) is 0 Å². The molecule has 78 valence electrons. The number of rotatable bonds is 2. The predicted molar refractivity (Wildman–Crippen MR) is 63.2 cm³/mol. The fourth-order valence-corrected chi connectivity index (χ4v) is 1.79. The summed E-state index contributed by atoms with van der Waals surface area (Å²) < 4.78 is 6.25. The van der Waals surface area contributed by atoms with Crippen LogP contribution in [0, 0.1) is 0 Å². The number of fused-ring (bicyclic) bond motifs is 1. The van der Waals surface area contributed by atoms with Crippen LogP contribution in [0.15, 0.2) is 22.7 Å². The highest BCUT2D eigenvalue weighted by molar-refractivity contribution is 9.10. The van der Waals surface area contributed by atoms with E-state index in [1.165, 1.54) is 0 Å². The maximum atomic E-state index is 5.25. The van der Waals surface area contributed by atoms with Crippen LogP contribution < -0.4 is 4.74 Å². The molecule has 0 unspecified atom stereocenters. The molecule has 0 radical (unpaired) electrons. The molecule has 0 saturated heterocycles. The Kier molecular flexibility index (Phi) is 2.86. The van der Waals surface area contributed by atoms with Gasteiger partial charge in [0, 0.05) is 10.9 Å². The molecule has 2 rings (SSSR count). The molecular formula is C11H11BrN2O. The normalized spacial score (nSPS) is 10.6. The van der Waals surface area contributed by atoms with Crippen molar-refractivity contribution in [3.63, 3.8) is 0 Å². The van der Waals surface area contributed by atoms with Crippen molar-refractivity contribution in [1.82, 2.24) is 9.97 Å². The number of hydrogen-bond donors (Lipinski definition) is 0. The molecule has 0 atom stereocenters. The van der Waals surface area contributed by atoms with E-state index < -0.39 is 0 Å². The second-order valence-electron chi connectivity index (χ2n) is 3.16. The van der Waals surface area contributed by atoms with E-state index in [9.17, 15) is 0 Å². The number of ether oxygens (including phenoxy) is 1. The molecule has 0 N–H and O–H groups in total. The van der Waals surface area contributed by atoms with E-state index in [0.29, 0.717) is 5.88 Å². The summed E-state index contributed by atoms with van der Waals surface area (Å²) in [6.07, 6.45) is 0.808. The summed E-state index contributed by atoms with van der Waals surface area (Å²) in [5.74, 6) is 1.44. The summed E-state index contributed by atoms with van der Waals surface area (Å²) in [5, 5.41) is 0.934. The van der Waals surface area contributed by atoms with Gasteiger partial charge < -0.3 is 4.74 Å². The molecule has 0 bridgehead atoms. The van der Waals surface area contributed by atoms with E-state index in [1.807, 2.05) is 25.1 Å². The monoisotopic (exact) mass is 266 g/mol. The number of aryl methyl sites for hydroxylation is 1. The Hall–Kier alpha value is -1.16. The molecule has 0 fully saturated rings. The average Bonchev–Trinajstić information content (AvgIpc) is 2.27. The minimum absolute atomic E-state index is 0.637. The highest BCUT2D eigenvalue weighted by Crippen LogP contribution is 2.25. The topological polar surface area (TPSA) is 35.0 Å². The number of aromatic nitrogens is 2. The fourth-order valence-electron chi connectivity index (χ4n) is 1.43. The first-order valence-electron chi connectivity index (χ1n) is 4.74. The van der Waals surface area contributed by atoms with Gasteiger partial charge in [0.15, 0.2) is 0 Å². The van der Waals surface area contributed by atoms with Crippen molar-refractivity contribution < 1.29 is 4.74 Å². The second kappa shape index (κ2) is 4.14. The second-order valence-corrected chi connectivity index (χ2v) is 4.08. The predicted octanol–water partition coefficient (Wildman–Crippen LogP) is 2.96. The van der Waals surface area contributed by atoms with E-state index in [-0.39, 0.29) is 0 Å². The summed E-state index contributed by atoms with van der Waals surface area (Å²) >= 11 is 3.42. The third-order valence-corrected chi connectivity index (χ3v) is 2.67. The lowest BCUT2D eigenvalue weighted by Gasteiger charge is -2.06. The van der Waals surface area contributed by atoms with Crippen LogP contribution in [0.1, 0.15) is 12.7 Å². The van der Waals surface area contributed by atoms with Crippen LogP contribution in [-0.4, -0.2) is 17.1 Å². The zero-order valence-corrected chi connectivity index (χ0v) is 10.2. The Labute approximate surface area is 96.6 Å². The van der Waals surface area contributed by atoms with Crippen LogP contribution >= 0.6 is 15.9 Å². The summed E-state index contributed by atoms with van der Waals surface area (Å²) in [5.41, 5.74) is 0.918. The van der Waals surface area contributed by atoms with E-state index in [2.05, 4.69) is 25.9 Å². The van der Waals surface area contributed by atoms with Crippen molar-refractivity contribution in [3.05, 3.63) is 28.5 Å². The lowest BCUT2D eigenvalue weighted by molar-refractivity contribution is 0.401. The SMILES string of the molecule is CCc1nc(OC)c2cc(Br)ccc2n1. The molecule has 2 aromatic rings. The molecule has 0 aliphatic rings. The van der Waals surface area contributed by atoms with Gasteiger partial charge in [0.2, 0.25) is 5.88 Å². The van der Waals surface area contributed by atoms with Gasteiger partial charge in [0.05, 0.1) is 18.0 Å². The Bertz CT molecular complexity index is 499. The van der Waals surface area contributed by atoms with Crippen molar-refractivity contribution >= 4 is 26.8 Å². The van der Waals surface area contributed by atoms with Gasteiger partial charge in [-0.1, -0.05) is 22.9 Å². The minimum Gasteiger partial charge on any atom is -0.480 e. The molecule has 15 heavy (non-hydrogen) atoms. The van der Waals surface area contributed by atoms with Gasteiger partial charge in [0.1, 0.15) is 5.82 Å². The number of nitrogens with zero attached hydrogens (tertiary/aromatic N) is 2. The van der Waals surface area contributed by atoms with Gasteiger partial charge in [-0.15, -0.1) is 0 Å². The molecule has 0 saturated carbocycles. The zero-order chi connectivity index (χ0) is 10.8. The van der Waals surface area contributed by atoms with E-state index >= 15 is 0 Å². The van der Waals surface area contributed by atoms with Crippen LogP contribution in [0.2, 0.25) is 0 Å². The van der Waals surface area contributed by atoms with Gasteiger partial charge in [0.25, 0.3) is 0 Å². The summed E-state index contributed by atoms with van der Waals surface area (Å²) in [6, 6.07) is 5.89. The molecule has 0 aliphatic heterocycles. The number of benzene rings is 1. The van der Waals surface area contributed by atoms with Crippen molar-refractivity contribution in [3.8, 4) is 5.88 Å². The lowest BCUT2D eigenvalue weighted by Crippen LogP contribution is -1.97. The molecule has 0 aliphatic carbocycles. The first-order chi connectivity index (χ1) is 7.24. The molecule has 1 aromatic carbocycles. The molecule has 4 heteroatoms. The van der Waals surface area contributed by atoms with Crippen LogP contribution in [-0.2, 0) is 6.42 Å². The number of methoxy groups -OCH3 is 1. The van der Waals surface area contributed by atoms with Gasteiger partial charge in [-0.3, -0.25) is 0 Å². The van der Waals surface area contributed by atoms with Gasteiger partial charge in [-0.05, 0) is 18.2 Å². The smallest absolute Gasteiger partial charge is 0.224 e. The molecular weight excluding hydrogens is 256 g/mol. The van der Waals surface area contributed by atoms with E-state index in [1.54, 1.807) is 7.11 Å². The zero-order valence-electron chi connectivity index (χ0n) is 8.62. The maximum absolute atomic E-state index is 5.25. The Morgan fingerprint density at radius 2 is 2.13 bits per heavy atom. The van der Waals surface area contributed by atoms with Crippen LogP contribution in [0.4, 0.5) is 0 Å². The summed E-state index contributed by atoms with van der Waals surface area (Å²) in [4.78, 5) is 8.76. The lowest BCUT2D eigenvalue weighted by atomic mass is 10.2. The molecule has 0 spiro atoms. The Morgan fingerprint density at radius 1 is 1.33 bits per heavy atom. The van der Waals surface area contributed by atoms with Gasteiger partial charge in [-0.25, -0.2) is 4.98 Å². The van der Waals surface area contributed by atoms with E-state index in [4.69, 9.17) is 4.74 Å². The Morgan fingerprint density at radius 3 is 2.80 bits per heavy atom. The number of halogens is 1. The first kappa shape index (κ1) is 10.4. The molecule has 1 heterocycles. The third kappa shape index (κ3) is 1.95. The average molecular weight is 267 g/mol. The molecule has 0 amide bonds. The minimum atomic E-state index is 0.637. The number of hydrogen-bond acceptors (Lipinski definition) is 3. The maximum Gasteiger partial charge on any atom is 0.224 e. The highest BCUT2D eigenvalue weighted by Gasteiger charge is 2.07. The van der Waals surface area contributed by atoms with E-state index in [0.717, 1.165) is 27.6 Å². The summed E-state index contributed by atoms with van der Waals surface area (Å²) in [7, 11) is 1.63. The van der Waals surface area contributed by atoms with Gasteiger partial charge in [-0.2, -0.15) is 4.98 Å². The standard InChI is InChI=1S/C11H11BrN2O/c1-3-10-13-9-5-4-7(12)6-8(9)11(14-10)15-2/h4-6H,3H2,1-2H3. The van der Waals surface area contributed by atoms with Gasteiger partial charge >= 0.3 is 0 Å². The van der Waals surface area contributed by atoms with Crippen molar-refractivity contribution in [2.45, 2.75) is 13.3 Å². The van der Waals surface area contributed by atoms with Crippen molar-refractivity contribution in [2.75, 3.05) is 7.11 Å². The summed E-state index contributed by atoms with van der Waals surface area (Å²) in [6.45, 7) is 2.03. The largest absolute Gasteiger partial charge is 0.480 e. The quantitative estimate of drug-likeness (QED) is 0.839. The molecule has 3 nitrogen and oxygen atoms in total. The van der Waals surface area contributed by atoms with Crippen LogP contribution in [0.5, 0.6) is 5.88 Å². The fraction of sp³-hybridized carbons (Fsp3) is 0.273. The first-order valence-corrected chi connectivity index (χ1v) is 5.54. The van der Waals surface area contributed by atoms with Crippen LogP contribution in [0.25, 0.3) is 10.9 Å². The van der Waals surface area contributed by atoms with Crippen molar-refractivity contribution in [1.29, 1.82) is 0 Å².